The maximum atomic E-state index is 5.97. The molecule has 2 aromatic rings. The average molecular weight is 327 g/mol. The molecule has 94 valence electrons. The van der Waals surface area contributed by atoms with Gasteiger partial charge in [0, 0.05) is 18.5 Å². The minimum atomic E-state index is 0.670. The Morgan fingerprint density at radius 3 is 2.78 bits per heavy atom. The number of halogens is 2. The molecule has 0 atom stereocenters. The molecule has 0 unspecified atom stereocenters. The molecule has 0 bridgehead atoms. The van der Waals surface area contributed by atoms with Gasteiger partial charge < -0.3 is 5.32 Å². The van der Waals surface area contributed by atoms with Crippen LogP contribution in [0.1, 0.15) is 17.1 Å². The van der Waals surface area contributed by atoms with E-state index in [4.69, 9.17) is 11.6 Å². The normalized spacial score (nSPS) is 10.4. The molecule has 18 heavy (non-hydrogen) atoms. The quantitative estimate of drug-likeness (QED) is 0.931. The predicted molar refractivity (Wildman–Crippen MR) is 78.3 cm³/mol. The van der Waals surface area contributed by atoms with Crippen LogP contribution in [-0.4, -0.2) is 17.0 Å². The van der Waals surface area contributed by atoms with Gasteiger partial charge in [-0.25, -0.2) is 9.97 Å². The molecule has 0 radical (unpaired) electrons. The lowest BCUT2D eigenvalue weighted by molar-refractivity contribution is 0.936. The predicted octanol–water partition coefficient (Wildman–Crippen LogP) is 3.83. The highest BCUT2D eigenvalue weighted by molar-refractivity contribution is 9.10. The van der Waals surface area contributed by atoms with Gasteiger partial charge in [-0.1, -0.05) is 23.7 Å². The van der Waals surface area contributed by atoms with Crippen molar-refractivity contribution in [2.45, 2.75) is 13.3 Å². The first-order valence-corrected chi connectivity index (χ1v) is 6.72. The highest BCUT2D eigenvalue weighted by Crippen LogP contribution is 2.23. The lowest BCUT2D eigenvalue weighted by Gasteiger charge is -2.08. The summed E-state index contributed by atoms with van der Waals surface area (Å²) >= 11 is 9.43. The Kier molecular flexibility index (Phi) is 4.19. The van der Waals surface area contributed by atoms with E-state index in [1.807, 2.05) is 38.2 Å². The van der Waals surface area contributed by atoms with Gasteiger partial charge in [-0.3, -0.25) is 0 Å². The van der Waals surface area contributed by atoms with Gasteiger partial charge in [-0.05, 0) is 40.5 Å². The van der Waals surface area contributed by atoms with Crippen LogP contribution in [0.3, 0.4) is 0 Å². The van der Waals surface area contributed by atoms with Crippen LogP contribution >= 0.6 is 27.5 Å². The van der Waals surface area contributed by atoms with Crippen molar-refractivity contribution in [2.24, 2.45) is 0 Å². The van der Waals surface area contributed by atoms with Gasteiger partial charge in [0.05, 0.1) is 10.2 Å². The number of rotatable bonds is 3. The molecule has 5 heteroatoms. The van der Waals surface area contributed by atoms with Crippen molar-refractivity contribution in [1.82, 2.24) is 9.97 Å². The number of hydrogen-bond donors (Lipinski definition) is 1. The summed E-state index contributed by atoms with van der Waals surface area (Å²) in [5.74, 6) is 1.59. The maximum Gasteiger partial charge on any atom is 0.144 e. The summed E-state index contributed by atoms with van der Waals surface area (Å²) in [6, 6.07) is 7.74. The molecule has 3 nitrogen and oxygen atoms in total. The second-order valence-electron chi connectivity index (χ2n) is 3.94. The molecule has 0 fully saturated rings. The molecule has 2 rings (SSSR count). The summed E-state index contributed by atoms with van der Waals surface area (Å²) in [5, 5.41) is 3.78. The van der Waals surface area contributed by atoms with E-state index in [1.54, 1.807) is 0 Å². The molecule has 0 saturated carbocycles. The average Bonchev–Trinajstić information content (AvgIpc) is 2.33. The number of benzene rings is 1. The van der Waals surface area contributed by atoms with Gasteiger partial charge >= 0.3 is 0 Å². The highest BCUT2D eigenvalue weighted by Gasteiger charge is 2.08. The number of nitrogens with zero attached hydrogens (tertiary/aromatic N) is 2. The Bertz CT molecular complexity index is 572. The monoisotopic (exact) mass is 325 g/mol. The minimum Gasteiger partial charge on any atom is -0.372 e. The van der Waals surface area contributed by atoms with Crippen LogP contribution in [0.25, 0.3) is 0 Å². The Balaban J connectivity index is 2.32. The van der Waals surface area contributed by atoms with E-state index in [9.17, 15) is 0 Å². The Labute approximate surface area is 120 Å². The number of hydrogen-bond acceptors (Lipinski definition) is 3. The third-order valence-electron chi connectivity index (χ3n) is 2.55. The molecule has 1 heterocycles. The lowest BCUT2D eigenvalue weighted by atomic mass is 10.1. The number of nitrogens with one attached hydrogen (secondary N) is 1. The van der Waals surface area contributed by atoms with Crippen molar-refractivity contribution in [3.63, 3.8) is 0 Å². The fourth-order valence-electron chi connectivity index (χ4n) is 1.69. The summed E-state index contributed by atoms with van der Waals surface area (Å²) in [5.41, 5.74) is 2.03. The molecular formula is C13H13BrClN3. The van der Waals surface area contributed by atoms with Crippen LogP contribution in [0.5, 0.6) is 0 Å². The molecular weight excluding hydrogens is 314 g/mol. The van der Waals surface area contributed by atoms with Gasteiger partial charge in [0.15, 0.2) is 0 Å². The number of anilines is 1. The summed E-state index contributed by atoms with van der Waals surface area (Å²) < 4.78 is 0.903. The summed E-state index contributed by atoms with van der Waals surface area (Å²) in [7, 11) is 1.84. The molecule has 0 saturated heterocycles. The van der Waals surface area contributed by atoms with E-state index in [0.717, 1.165) is 32.4 Å². The second-order valence-corrected chi connectivity index (χ2v) is 5.17. The molecule has 1 N–H and O–H groups in total. The zero-order chi connectivity index (χ0) is 13.1. The molecule has 0 spiro atoms. The Hall–Kier alpha value is -1.13. The van der Waals surface area contributed by atoms with Gasteiger partial charge in [0.25, 0.3) is 0 Å². The SMILES string of the molecule is CNc1nc(Cc2cccc(Cl)c2)nc(C)c1Br. The van der Waals surface area contributed by atoms with E-state index in [2.05, 4.69) is 31.2 Å². The standard InChI is InChI=1S/C13H13BrClN3/c1-8-12(14)13(16-2)18-11(17-8)7-9-4-3-5-10(15)6-9/h3-6H,7H2,1-2H3,(H,16,17,18). The summed E-state index contributed by atoms with van der Waals surface area (Å²) in [4.78, 5) is 8.93. The van der Waals surface area contributed by atoms with E-state index >= 15 is 0 Å². The van der Waals surface area contributed by atoms with Crippen LogP contribution in [0.4, 0.5) is 5.82 Å². The van der Waals surface area contributed by atoms with E-state index in [0.29, 0.717) is 6.42 Å². The highest BCUT2D eigenvalue weighted by atomic mass is 79.9. The minimum absolute atomic E-state index is 0.670. The van der Waals surface area contributed by atoms with Crippen LogP contribution < -0.4 is 5.32 Å². The molecule has 1 aromatic carbocycles. The van der Waals surface area contributed by atoms with Crippen LogP contribution in [-0.2, 0) is 6.42 Å². The van der Waals surface area contributed by atoms with Crippen LogP contribution in [0, 0.1) is 6.92 Å². The third kappa shape index (κ3) is 3.00. The zero-order valence-electron chi connectivity index (χ0n) is 10.2. The second kappa shape index (κ2) is 5.67. The molecule has 0 aliphatic heterocycles. The van der Waals surface area contributed by atoms with Gasteiger partial charge in [0.1, 0.15) is 11.6 Å². The van der Waals surface area contributed by atoms with Crippen LogP contribution in [0.15, 0.2) is 28.7 Å². The summed E-state index contributed by atoms with van der Waals surface area (Å²) in [6.07, 6.45) is 0.670. The van der Waals surface area contributed by atoms with E-state index in [1.165, 1.54) is 0 Å². The molecule has 1 aromatic heterocycles. The molecule has 0 amide bonds. The van der Waals surface area contributed by atoms with Crippen molar-refractivity contribution < 1.29 is 0 Å². The number of aromatic nitrogens is 2. The smallest absolute Gasteiger partial charge is 0.144 e. The molecule has 0 aliphatic carbocycles. The van der Waals surface area contributed by atoms with E-state index in [-0.39, 0.29) is 0 Å². The van der Waals surface area contributed by atoms with Crippen molar-refractivity contribution in [2.75, 3.05) is 12.4 Å². The first-order chi connectivity index (χ1) is 8.60. The Morgan fingerprint density at radius 2 is 2.11 bits per heavy atom. The van der Waals surface area contributed by atoms with Crippen molar-refractivity contribution in [1.29, 1.82) is 0 Å². The van der Waals surface area contributed by atoms with Crippen molar-refractivity contribution in [3.05, 3.63) is 50.8 Å². The largest absolute Gasteiger partial charge is 0.372 e. The summed E-state index contributed by atoms with van der Waals surface area (Å²) in [6.45, 7) is 1.95. The van der Waals surface area contributed by atoms with Gasteiger partial charge in [0.2, 0.25) is 0 Å². The first kappa shape index (κ1) is 13.3. The fourth-order valence-corrected chi connectivity index (χ4v) is 2.28. The lowest BCUT2D eigenvalue weighted by Crippen LogP contribution is -2.04. The zero-order valence-corrected chi connectivity index (χ0v) is 12.5. The fraction of sp³-hybridized carbons (Fsp3) is 0.231. The Morgan fingerprint density at radius 1 is 1.33 bits per heavy atom. The third-order valence-corrected chi connectivity index (χ3v) is 3.74. The maximum absolute atomic E-state index is 5.97. The van der Waals surface area contributed by atoms with Crippen molar-refractivity contribution in [3.8, 4) is 0 Å². The topological polar surface area (TPSA) is 37.8 Å². The van der Waals surface area contributed by atoms with E-state index < -0.39 is 0 Å². The van der Waals surface area contributed by atoms with Gasteiger partial charge in [-0.2, -0.15) is 0 Å². The van der Waals surface area contributed by atoms with Crippen molar-refractivity contribution >= 4 is 33.3 Å². The van der Waals surface area contributed by atoms with Gasteiger partial charge in [-0.15, -0.1) is 0 Å². The number of aryl methyl sites for hydroxylation is 1. The first-order valence-electron chi connectivity index (χ1n) is 5.55. The van der Waals surface area contributed by atoms with Crippen LogP contribution in [0.2, 0.25) is 5.02 Å². The molecule has 0 aliphatic rings.